The number of benzene rings is 2. The molecule has 3 rings (SSSR count). The van der Waals surface area contributed by atoms with Gasteiger partial charge in [0.05, 0.1) is 16.9 Å². The molecule has 4 nitrogen and oxygen atoms in total. The SMILES string of the molecule is CCN1CCCc2cc(/C=N/NC(=S)Nc3ccc(C)cc3Cl)ccc21. The minimum atomic E-state index is 0.405. The summed E-state index contributed by atoms with van der Waals surface area (Å²) >= 11 is 11.5. The first-order valence-corrected chi connectivity index (χ1v) is 9.59. The molecular weight excluding hydrogens is 364 g/mol. The first-order chi connectivity index (χ1) is 12.6. The van der Waals surface area contributed by atoms with Crippen molar-refractivity contribution in [2.45, 2.75) is 26.7 Å². The fraction of sp³-hybridized carbons (Fsp3) is 0.300. The first kappa shape index (κ1) is 18.7. The van der Waals surface area contributed by atoms with Gasteiger partial charge in [-0.15, -0.1) is 0 Å². The van der Waals surface area contributed by atoms with Crippen LogP contribution in [0.3, 0.4) is 0 Å². The van der Waals surface area contributed by atoms with Crippen molar-refractivity contribution in [2.75, 3.05) is 23.3 Å². The molecule has 0 spiro atoms. The predicted octanol–water partition coefficient (Wildman–Crippen LogP) is 4.74. The number of thiocarbonyl (C=S) groups is 1. The monoisotopic (exact) mass is 386 g/mol. The van der Waals surface area contributed by atoms with Crippen molar-refractivity contribution in [1.29, 1.82) is 0 Å². The van der Waals surface area contributed by atoms with Crippen molar-refractivity contribution in [3.63, 3.8) is 0 Å². The van der Waals surface area contributed by atoms with E-state index in [9.17, 15) is 0 Å². The molecule has 0 saturated heterocycles. The maximum absolute atomic E-state index is 6.20. The molecule has 6 heteroatoms. The largest absolute Gasteiger partial charge is 0.372 e. The lowest BCUT2D eigenvalue weighted by atomic mass is 9.99. The van der Waals surface area contributed by atoms with E-state index in [0.29, 0.717) is 10.1 Å². The van der Waals surface area contributed by atoms with Crippen LogP contribution in [0.25, 0.3) is 0 Å². The van der Waals surface area contributed by atoms with Gasteiger partial charge in [0.1, 0.15) is 0 Å². The number of halogens is 1. The summed E-state index contributed by atoms with van der Waals surface area (Å²) in [5.74, 6) is 0. The highest BCUT2D eigenvalue weighted by atomic mass is 35.5. The second-order valence-corrected chi connectivity index (χ2v) is 7.19. The molecule has 0 unspecified atom stereocenters. The van der Waals surface area contributed by atoms with Crippen LogP contribution in [0.5, 0.6) is 0 Å². The van der Waals surface area contributed by atoms with Crippen molar-refractivity contribution < 1.29 is 0 Å². The van der Waals surface area contributed by atoms with E-state index in [0.717, 1.165) is 36.3 Å². The highest BCUT2D eigenvalue weighted by Gasteiger charge is 2.15. The molecule has 0 fully saturated rings. The van der Waals surface area contributed by atoms with Crippen LogP contribution in [0.4, 0.5) is 11.4 Å². The lowest BCUT2D eigenvalue weighted by Crippen LogP contribution is -2.28. The fourth-order valence-electron chi connectivity index (χ4n) is 3.14. The Morgan fingerprint density at radius 2 is 2.15 bits per heavy atom. The van der Waals surface area contributed by atoms with E-state index < -0.39 is 0 Å². The number of hydrogen-bond donors (Lipinski definition) is 2. The number of fused-ring (bicyclic) bond motifs is 1. The lowest BCUT2D eigenvalue weighted by Gasteiger charge is -2.30. The standard InChI is InChI=1S/C20H23ClN4S/c1-3-25-10-4-5-16-12-15(7-9-19(16)25)13-22-24-20(26)23-18-8-6-14(2)11-17(18)21/h6-9,11-13H,3-5,10H2,1-2H3,(H2,23,24,26)/b22-13+. The van der Waals surface area contributed by atoms with Crippen LogP contribution in [0.15, 0.2) is 41.5 Å². The Morgan fingerprint density at radius 3 is 2.92 bits per heavy atom. The van der Waals surface area contributed by atoms with Crippen LogP contribution >= 0.6 is 23.8 Å². The summed E-state index contributed by atoms with van der Waals surface area (Å²) in [4.78, 5) is 2.42. The van der Waals surface area contributed by atoms with Crippen LogP contribution in [0.1, 0.15) is 30.0 Å². The molecule has 2 N–H and O–H groups in total. The van der Waals surface area contributed by atoms with Gasteiger partial charge in [-0.3, -0.25) is 5.43 Å². The van der Waals surface area contributed by atoms with Gasteiger partial charge in [-0.25, -0.2) is 0 Å². The van der Waals surface area contributed by atoms with Crippen molar-refractivity contribution in [3.05, 3.63) is 58.1 Å². The third-order valence-electron chi connectivity index (χ3n) is 4.45. The van der Waals surface area contributed by atoms with Gasteiger partial charge in [-0.2, -0.15) is 5.10 Å². The molecule has 1 aliphatic rings. The maximum atomic E-state index is 6.20. The molecule has 2 aromatic carbocycles. The summed E-state index contributed by atoms with van der Waals surface area (Å²) in [7, 11) is 0. The van der Waals surface area contributed by atoms with Gasteiger partial charge in [0, 0.05) is 18.8 Å². The molecule has 0 aliphatic carbocycles. The minimum absolute atomic E-state index is 0.405. The van der Waals surface area contributed by atoms with Gasteiger partial charge in [0.25, 0.3) is 0 Å². The lowest BCUT2D eigenvalue weighted by molar-refractivity contribution is 0.708. The second-order valence-electron chi connectivity index (χ2n) is 6.38. The topological polar surface area (TPSA) is 39.7 Å². The quantitative estimate of drug-likeness (QED) is 0.452. The van der Waals surface area contributed by atoms with Gasteiger partial charge >= 0.3 is 0 Å². The van der Waals surface area contributed by atoms with Gasteiger partial charge in [-0.1, -0.05) is 23.7 Å². The normalized spacial score (nSPS) is 13.6. The zero-order chi connectivity index (χ0) is 18.5. The average molecular weight is 387 g/mol. The zero-order valence-electron chi connectivity index (χ0n) is 15.1. The van der Waals surface area contributed by atoms with E-state index >= 15 is 0 Å². The number of anilines is 2. The molecule has 1 heterocycles. The number of hydrazone groups is 1. The number of rotatable bonds is 4. The van der Waals surface area contributed by atoms with Gasteiger partial charge < -0.3 is 10.2 Å². The Morgan fingerprint density at radius 1 is 1.31 bits per heavy atom. The van der Waals surface area contributed by atoms with Crippen molar-refractivity contribution in [3.8, 4) is 0 Å². The van der Waals surface area contributed by atoms with E-state index in [-0.39, 0.29) is 0 Å². The summed E-state index contributed by atoms with van der Waals surface area (Å²) < 4.78 is 0. The van der Waals surface area contributed by atoms with E-state index in [1.165, 1.54) is 17.7 Å². The van der Waals surface area contributed by atoms with E-state index in [1.54, 1.807) is 6.21 Å². The molecule has 0 aromatic heterocycles. The third kappa shape index (κ3) is 4.54. The third-order valence-corrected chi connectivity index (χ3v) is 4.96. The van der Waals surface area contributed by atoms with Crippen molar-refractivity contribution in [2.24, 2.45) is 5.10 Å². The highest BCUT2D eigenvalue weighted by Crippen LogP contribution is 2.27. The number of hydrogen-bond acceptors (Lipinski definition) is 3. The molecule has 0 saturated carbocycles. The summed E-state index contributed by atoms with van der Waals surface area (Å²) in [6, 6.07) is 12.2. The predicted molar refractivity (Wildman–Crippen MR) is 116 cm³/mol. The van der Waals surface area contributed by atoms with E-state index in [4.69, 9.17) is 23.8 Å². The van der Waals surface area contributed by atoms with Gasteiger partial charge in [-0.05, 0) is 79.9 Å². The summed E-state index contributed by atoms with van der Waals surface area (Å²) in [6.45, 7) is 6.38. The molecule has 136 valence electrons. The molecule has 0 radical (unpaired) electrons. The molecule has 26 heavy (non-hydrogen) atoms. The molecule has 0 bridgehead atoms. The minimum Gasteiger partial charge on any atom is -0.372 e. The summed E-state index contributed by atoms with van der Waals surface area (Å²) in [5, 5.41) is 8.33. The highest BCUT2D eigenvalue weighted by molar-refractivity contribution is 7.80. The van der Waals surface area contributed by atoms with E-state index in [1.807, 2.05) is 25.1 Å². The van der Waals surface area contributed by atoms with Crippen LogP contribution < -0.4 is 15.6 Å². The smallest absolute Gasteiger partial charge is 0.191 e. The molecule has 0 amide bonds. The second kappa shape index (κ2) is 8.52. The Bertz CT molecular complexity index is 835. The van der Waals surface area contributed by atoms with E-state index in [2.05, 4.69) is 45.9 Å². The van der Waals surface area contributed by atoms with Crippen LogP contribution in [-0.4, -0.2) is 24.4 Å². The van der Waals surface area contributed by atoms with Gasteiger partial charge in [0.15, 0.2) is 5.11 Å². The Labute approximate surface area is 165 Å². The average Bonchev–Trinajstić information content (AvgIpc) is 2.63. The van der Waals surface area contributed by atoms with Crippen molar-refractivity contribution in [1.82, 2.24) is 5.43 Å². The zero-order valence-corrected chi connectivity index (χ0v) is 16.6. The molecule has 0 atom stereocenters. The van der Waals surface area contributed by atoms with Gasteiger partial charge in [0.2, 0.25) is 0 Å². The number of aryl methyl sites for hydroxylation is 2. The van der Waals surface area contributed by atoms with Crippen LogP contribution in [-0.2, 0) is 6.42 Å². The number of nitrogens with one attached hydrogen (secondary N) is 2. The summed E-state index contributed by atoms with van der Waals surface area (Å²) in [5.41, 5.74) is 8.49. The Kier molecular flexibility index (Phi) is 6.12. The first-order valence-electron chi connectivity index (χ1n) is 8.81. The Hall–Kier alpha value is -2.11. The molecule has 2 aromatic rings. The fourth-order valence-corrected chi connectivity index (χ4v) is 3.59. The summed E-state index contributed by atoms with van der Waals surface area (Å²) in [6.07, 6.45) is 4.10. The Balaban J connectivity index is 1.61. The maximum Gasteiger partial charge on any atom is 0.191 e. The van der Waals surface area contributed by atoms with Crippen LogP contribution in [0.2, 0.25) is 5.02 Å². The van der Waals surface area contributed by atoms with Crippen LogP contribution in [0, 0.1) is 6.92 Å². The molecule has 1 aliphatic heterocycles. The number of nitrogens with zero attached hydrogens (tertiary/aromatic N) is 2. The molecular formula is C20H23ClN4S. The van der Waals surface area contributed by atoms with Crippen molar-refractivity contribution >= 4 is 46.5 Å².